The lowest BCUT2D eigenvalue weighted by Crippen LogP contribution is -1.92. The van der Waals surface area contributed by atoms with Crippen molar-refractivity contribution in [3.63, 3.8) is 0 Å². The van der Waals surface area contributed by atoms with Gasteiger partial charge in [0.05, 0.1) is 4.83 Å². The number of aromatic nitrogens is 1. The second-order valence-electron chi connectivity index (χ2n) is 1.92. The molecule has 0 radical (unpaired) electrons. The molecular weight excluding hydrogens is 229 g/mol. The molecular formula is C7H5BrClNO. The third kappa shape index (κ3) is 2.01. The number of carbonyl (C=O) groups excluding carboxylic acids is 1. The lowest BCUT2D eigenvalue weighted by atomic mass is 10.2. The topological polar surface area (TPSA) is 30.0 Å². The minimum absolute atomic E-state index is 0.358. The van der Waals surface area contributed by atoms with E-state index >= 15 is 0 Å². The molecule has 1 atom stereocenters. The quantitative estimate of drug-likeness (QED) is 0.447. The largest absolute Gasteiger partial charge is 0.302 e. The molecule has 0 aliphatic carbocycles. The first-order valence-corrected chi connectivity index (χ1v) is 4.25. The van der Waals surface area contributed by atoms with Gasteiger partial charge in [-0.15, -0.1) is 0 Å². The van der Waals surface area contributed by atoms with E-state index in [-0.39, 0.29) is 4.83 Å². The summed E-state index contributed by atoms with van der Waals surface area (Å²) in [6.45, 7) is 0. The molecule has 0 aromatic carbocycles. The van der Waals surface area contributed by atoms with Crippen molar-refractivity contribution in [2.24, 2.45) is 0 Å². The van der Waals surface area contributed by atoms with E-state index in [1.54, 1.807) is 18.3 Å². The Morgan fingerprint density at radius 1 is 1.73 bits per heavy atom. The number of carbonyl (C=O) groups is 1. The lowest BCUT2D eigenvalue weighted by Gasteiger charge is -2.02. The van der Waals surface area contributed by atoms with E-state index < -0.39 is 0 Å². The van der Waals surface area contributed by atoms with Gasteiger partial charge in [-0.2, -0.15) is 0 Å². The molecule has 1 aromatic heterocycles. The normalized spacial score (nSPS) is 12.5. The van der Waals surface area contributed by atoms with Crippen molar-refractivity contribution in [1.29, 1.82) is 0 Å². The fourth-order valence-corrected chi connectivity index (χ4v) is 1.42. The summed E-state index contributed by atoms with van der Waals surface area (Å²) >= 11 is 8.84. The molecule has 0 spiro atoms. The van der Waals surface area contributed by atoms with Crippen LogP contribution in [0.5, 0.6) is 0 Å². The Kier molecular flexibility index (Phi) is 3.02. The van der Waals surface area contributed by atoms with E-state index in [4.69, 9.17) is 11.6 Å². The molecule has 0 saturated heterocycles. The number of rotatable bonds is 2. The van der Waals surface area contributed by atoms with Crippen LogP contribution >= 0.6 is 27.5 Å². The number of pyridine rings is 1. The molecule has 1 heterocycles. The summed E-state index contributed by atoms with van der Waals surface area (Å²) < 4.78 is 0. The molecule has 0 N–H and O–H groups in total. The lowest BCUT2D eigenvalue weighted by molar-refractivity contribution is -0.107. The van der Waals surface area contributed by atoms with Crippen LogP contribution in [0.1, 0.15) is 10.4 Å². The molecule has 0 aliphatic rings. The van der Waals surface area contributed by atoms with Crippen molar-refractivity contribution in [3.05, 3.63) is 29.0 Å². The second-order valence-corrected chi connectivity index (χ2v) is 3.27. The van der Waals surface area contributed by atoms with Gasteiger partial charge in [0.25, 0.3) is 0 Å². The second kappa shape index (κ2) is 3.83. The van der Waals surface area contributed by atoms with Crippen molar-refractivity contribution in [2.45, 2.75) is 4.83 Å². The van der Waals surface area contributed by atoms with Crippen molar-refractivity contribution in [3.8, 4) is 0 Å². The highest BCUT2D eigenvalue weighted by atomic mass is 79.9. The smallest absolute Gasteiger partial charge is 0.138 e. The van der Waals surface area contributed by atoms with E-state index in [1.807, 2.05) is 0 Å². The van der Waals surface area contributed by atoms with Gasteiger partial charge in [-0.25, -0.2) is 4.98 Å². The van der Waals surface area contributed by atoms with E-state index in [9.17, 15) is 4.79 Å². The van der Waals surface area contributed by atoms with Gasteiger partial charge in [-0.1, -0.05) is 33.6 Å². The number of hydrogen-bond donors (Lipinski definition) is 0. The predicted octanol–water partition coefficient (Wildman–Crippen LogP) is 2.37. The zero-order valence-corrected chi connectivity index (χ0v) is 7.84. The third-order valence-electron chi connectivity index (χ3n) is 1.20. The Morgan fingerprint density at radius 3 is 3.00 bits per heavy atom. The summed E-state index contributed by atoms with van der Waals surface area (Å²) in [5, 5.41) is 0.362. The van der Waals surface area contributed by atoms with E-state index in [0.717, 1.165) is 6.29 Å². The number of halogens is 2. The average molecular weight is 234 g/mol. The first kappa shape index (κ1) is 8.68. The minimum Gasteiger partial charge on any atom is -0.302 e. The summed E-state index contributed by atoms with van der Waals surface area (Å²) in [6.07, 6.45) is 2.35. The number of hydrogen-bond acceptors (Lipinski definition) is 2. The van der Waals surface area contributed by atoms with Gasteiger partial charge in [0, 0.05) is 11.8 Å². The summed E-state index contributed by atoms with van der Waals surface area (Å²) in [7, 11) is 0. The monoisotopic (exact) mass is 233 g/mol. The molecule has 4 heteroatoms. The first-order valence-electron chi connectivity index (χ1n) is 2.95. The van der Waals surface area contributed by atoms with Gasteiger partial charge in [-0.3, -0.25) is 0 Å². The van der Waals surface area contributed by atoms with Gasteiger partial charge in [-0.05, 0) is 6.07 Å². The first-order chi connectivity index (χ1) is 5.25. The van der Waals surface area contributed by atoms with Crippen LogP contribution in [0.15, 0.2) is 18.3 Å². The van der Waals surface area contributed by atoms with Crippen LogP contribution in [0.25, 0.3) is 0 Å². The molecule has 2 nitrogen and oxygen atoms in total. The molecule has 1 aromatic rings. The molecule has 0 amide bonds. The standard InChI is InChI=1S/C7H5BrClNO/c8-6(4-11)5-2-1-3-10-7(5)9/h1-4,6H. The Labute approximate surface area is 77.7 Å². The Hall–Kier alpha value is -0.410. The van der Waals surface area contributed by atoms with E-state index in [1.165, 1.54) is 0 Å². The van der Waals surface area contributed by atoms with Gasteiger partial charge < -0.3 is 4.79 Å². The maximum Gasteiger partial charge on any atom is 0.138 e. The highest BCUT2D eigenvalue weighted by Crippen LogP contribution is 2.25. The predicted molar refractivity (Wildman–Crippen MR) is 47.0 cm³/mol. The van der Waals surface area contributed by atoms with Crippen molar-refractivity contribution in [1.82, 2.24) is 4.98 Å². The van der Waals surface area contributed by atoms with Crippen molar-refractivity contribution >= 4 is 33.8 Å². The van der Waals surface area contributed by atoms with Crippen LogP contribution in [-0.4, -0.2) is 11.3 Å². The van der Waals surface area contributed by atoms with E-state index in [0.29, 0.717) is 10.7 Å². The summed E-state index contributed by atoms with van der Waals surface area (Å²) in [5.41, 5.74) is 0.698. The van der Waals surface area contributed by atoms with Crippen molar-refractivity contribution < 1.29 is 4.79 Å². The molecule has 11 heavy (non-hydrogen) atoms. The Bertz CT molecular complexity index is 266. The Morgan fingerprint density at radius 2 is 2.45 bits per heavy atom. The van der Waals surface area contributed by atoms with Crippen LogP contribution in [0.2, 0.25) is 5.15 Å². The highest BCUT2D eigenvalue weighted by molar-refractivity contribution is 9.09. The average Bonchev–Trinajstić information content (AvgIpc) is 2.04. The van der Waals surface area contributed by atoms with Gasteiger partial charge >= 0.3 is 0 Å². The zero-order chi connectivity index (χ0) is 8.27. The van der Waals surface area contributed by atoms with Crippen LogP contribution in [-0.2, 0) is 4.79 Å². The summed E-state index contributed by atoms with van der Waals surface area (Å²) in [5.74, 6) is 0. The molecule has 0 saturated carbocycles. The molecule has 0 fully saturated rings. The van der Waals surface area contributed by atoms with E-state index in [2.05, 4.69) is 20.9 Å². The number of alkyl halides is 1. The molecule has 1 rings (SSSR count). The van der Waals surface area contributed by atoms with Crippen LogP contribution in [0, 0.1) is 0 Å². The highest BCUT2D eigenvalue weighted by Gasteiger charge is 2.09. The fraction of sp³-hybridized carbons (Fsp3) is 0.143. The van der Waals surface area contributed by atoms with Gasteiger partial charge in [0.2, 0.25) is 0 Å². The zero-order valence-electron chi connectivity index (χ0n) is 5.50. The summed E-state index contributed by atoms with van der Waals surface area (Å²) in [6, 6.07) is 3.49. The van der Waals surface area contributed by atoms with Crippen LogP contribution in [0.3, 0.4) is 0 Å². The SMILES string of the molecule is O=CC(Br)c1cccnc1Cl. The van der Waals surface area contributed by atoms with Gasteiger partial charge in [0.1, 0.15) is 11.4 Å². The number of aldehydes is 1. The Balaban J connectivity index is 3.02. The van der Waals surface area contributed by atoms with Crippen molar-refractivity contribution in [2.75, 3.05) is 0 Å². The van der Waals surface area contributed by atoms with Crippen LogP contribution < -0.4 is 0 Å². The van der Waals surface area contributed by atoms with Crippen LogP contribution in [0.4, 0.5) is 0 Å². The minimum atomic E-state index is -0.358. The molecule has 0 aliphatic heterocycles. The maximum atomic E-state index is 10.3. The maximum absolute atomic E-state index is 10.3. The fourth-order valence-electron chi connectivity index (χ4n) is 0.677. The molecule has 0 bridgehead atoms. The third-order valence-corrected chi connectivity index (χ3v) is 2.23. The summed E-state index contributed by atoms with van der Waals surface area (Å²) in [4.78, 5) is 13.8. The van der Waals surface area contributed by atoms with Gasteiger partial charge in [0.15, 0.2) is 0 Å². The molecule has 1 unspecified atom stereocenters. The molecule has 58 valence electrons. The number of nitrogens with zero attached hydrogens (tertiary/aromatic N) is 1.